The molecule has 1 atom stereocenters. The van der Waals surface area contributed by atoms with E-state index in [0.717, 1.165) is 24.9 Å². The van der Waals surface area contributed by atoms with Gasteiger partial charge in [-0.05, 0) is 49.8 Å². The van der Waals surface area contributed by atoms with Crippen molar-refractivity contribution in [1.82, 2.24) is 5.32 Å². The van der Waals surface area contributed by atoms with Gasteiger partial charge in [0.1, 0.15) is 5.54 Å². The number of aliphatic carboxylic acids is 1. The van der Waals surface area contributed by atoms with Gasteiger partial charge in [-0.1, -0.05) is 19.1 Å². The first-order valence-corrected chi connectivity index (χ1v) is 7.26. The molecular weight excluding hydrogens is 268 g/mol. The summed E-state index contributed by atoms with van der Waals surface area (Å²) in [6.45, 7) is 3.65. The molecule has 1 unspecified atom stereocenters. The SMILES string of the molecule is CCc1ccc(N(C)C(=O)NC(C)(C(=O)O)C2CC2)cc1. The van der Waals surface area contributed by atoms with Crippen molar-refractivity contribution in [3.63, 3.8) is 0 Å². The second-order valence-electron chi connectivity index (χ2n) is 5.79. The number of carboxylic acids is 1. The Bertz CT molecular complexity index is 537. The van der Waals surface area contributed by atoms with Crippen molar-refractivity contribution in [3.8, 4) is 0 Å². The van der Waals surface area contributed by atoms with Crippen molar-refractivity contribution in [2.45, 2.75) is 38.6 Å². The van der Waals surface area contributed by atoms with Crippen LogP contribution in [0.25, 0.3) is 0 Å². The molecule has 0 bridgehead atoms. The third kappa shape index (κ3) is 3.17. The second kappa shape index (κ2) is 5.76. The Labute approximate surface area is 125 Å². The van der Waals surface area contributed by atoms with Crippen LogP contribution in [0.5, 0.6) is 0 Å². The van der Waals surface area contributed by atoms with Crippen molar-refractivity contribution in [2.24, 2.45) is 5.92 Å². The summed E-state index contributed by atoms with van der Waals surface area (Å²) in [4.78, 5) is 25.2. The van der Waals surface area contributed by atoms with Crippen LogP contribution in [0.4, 0.5) is 10.5 Å². The summed E-state index contributed by atoms with van der Waals surface area (Å²) in [7, 11) is 1.64. The number of carbonyl (C=O) groups excluding carboxylic acids is 1. The molecule has 1 aliphatic carbocycles. The number of carboxylic acid groups (broad SMARTS) is 1. The van der Waals surface area contributed by atoms with Gasteiger partial charge in [0.05, 0.1) is 0 Å². The molecule has 0 radical (unpaired) electrons. The van der Waals surface area contributed by atoms with Crippen LogP contribution in [-0.4, -0.2) is 29.7 Å². The minimum atomic E-state index is -1.19. The molecule has 1 aromatic carbocycles. The predicted molar refractivity (Wildman–Crippen MR) is 81.5 cm³/mol. The van der Waals surface area contributed by atoms with E-state index >= 15 is 0 Å². The van der Waals surface area contributed by atoms with E-state index in [1.807, 2.05) is 24.3 Å². The number of nitrogens with zero attached hydrogens (tertiary/aromatic N) is 1. The molecule has 0 saturated heterocycles. The maximum atomic E-state index is 12.3. The van der Waals surface area contributed by atoms with E-state index in [1.54, 1.807) is 14.0 Å². The number of carbonyl (C=O) groups is 2. The molecule has 1 aliphatic rings. The van der Waals surface area contributed by atoms with Gasteiger partial charge < -0.3 is 10.4 Å². The standard InChI is InChI=1S/C16H22N2O3/c1-4-11-5-9-13(10-6-11)18(3)15(21)17-16(2,14(19)20)12-7-8-12/h5-6,9-10,12H,4,7-8H2,1-3H3,(H,17,21)(H,19,20). The van der Waals surface area contributed by atoms with Gasteiger partial charge in [-0.2, -0.15) is 0 Å². The number of aryl methyl sites for hydroxylation is 1. The Morgan fingerprint density at radius 2 is 1.90 bits per heavy atom. The molecule has 114 valence electrons. The first-order chi connectivity index (χ1) is 9.88. The Kier molecular flexibility index (Phi) is 4.21. The fourth-order valence-corrected chi connectivity index (χ4v) is 2.37. The highest BCUT2D eigenvalue weighted by Gasteiger charge is 2.49. The molecule has 0 aliphatic heterocycles. The first kappa shape index (κ1) is 15.4. The number of benzene rings is 1. The number of hydrogen-bond acceptors (Lipinski definition) is 2. The average molecular weight is 290 g/mol. The topological polar surface area (TPSA) is 69.6 Å². The molecule has 5 heteroatoms. The van der Waals surface area contributed by atoms with Crippen molar-refractivity contribution in [1.29, 1.82) is 0 Å². The minimum Gasteiger partial charge on any atom is -0.480 e. The fourth-order valence-electron chi connectivity index (χ4n) is 2.37. The summed E-state index contributed by atoms with van der Waals surface area (Å²) in [5, 5.41) is 12.0. The quantitative estimate of drug-likeness (QED) is 0.876. The smallest absolute Gasteiger partial charge is 0.329 e. The van der Waals surface area contributed by atoms with Gasteiger partial charge in [-0.3, -0.25) is 4.90 Å². The minimum absolute atomic E-state index is 0.0230. The average Bonchev–Trinajstić information content (AvgIpc) is 3.31. The zero-order valence-electron chi connectivity index (χ0n) is 12.7. The van der Waals surface area contributed by atoms with E-state index in [1.165, 1.54) is 10.5 Å². The Hall–Kier alpha value is -2.04. The van der Waals surface area contributed by atoms with Crippen LogP contribution in [-0.2, 0) is 11.2 Å². The first-order valence-electron chi connectivity index (χ1n) is 7.26. The maximum absolute atomic E-state index is 12.3. The third-order valence-electron chi connectivity index (χ3n) is 4.24. The lowest BCUT2D eigenvalue weighted by Crippen LogP contribution is -2.57. The van der Waals surface area contributed by atoms with E-state index in [9.17, 15) is 14.7 Å². The Morgan fingerprint density at radius 1 is 1.33 bits per heavy atom. The van der Waals surface area contributed by atoms with Crippen LogP contribution in [0.15, 0.2) is 24.3 Å². The van der Waals surface area contributed by atoms with Crippen LogP contribution < -0.4 is 10.2 Å². The molecule has 2 N–H and O–H groups in total. The fraction of sp³-hybridized carbons (Fsp3) is 0.500. The number of rotatable bonds is 5. The largest absolute Gasteiger partial charge is 0.480 e. The zero-order chi connectivity index (χ0) is 15.6. The van der Waals surface area contributed by atoms with Gasteiger partial charge >= 0.3 is 12.0 Å². The summed E-state index contributed by atoms with van der Waals surface area (Å²) < 4.78 is 0. The van der Waals surface area contributed by atoms with E-state index < -0.39 is 17.5 Å². The van der Waals surface area contributed by atoms with Crippen LogP contribution in [0.2, 0.25) is 0 Å². The lowest BCUT2D eigenvalue weighted by atomic mass is 9.96. The summed E-state index contributed by atoms with van der Waals surface area (Å²) in [5.74, 6) is -0.956. The number of amides is 2. The van der Waals surface area contributed by atoms with Gasteiger partial charge in [0.25, 0.3) is 0 Å². The lowest BCUT2D eigenvalue weighted by Gasteiger charge is -2.29. The monoisotopic (exact) mass is 290 g/mol. The molecule has 21 heavy (non-hydrogen) atoms. The van der Waals surface area contributed by atoms with Gasteiger partial charge in [-0.25, -0.2) is 9.59 Å². The van der Waals surface area contributed by atoms with E-state index in [0.29, 0.717) is 0 Å². The summed E-state index contributed by atoms with van der Waals surface area (Å²) >= 11 is 0. The van der Waals surface area contributed by atoms with E-state index in [4.69, 9.17) is 0 Å². The highest BCUT2D eigenvalue weighted by atomic mass is 16.4. The van der Waals surface area contributed by atoms with Crippen LogP contribution in [0.1, 0.15) is 32.3 Å². The number of nitrogens with one attached hydrogen (secondary N) is 1. The molecule has 5 nitrogen and oxygen atoms in total. The number of anilines is 1. The maximum Gasteiger partial charge on any atom is 0.329 e. The number of hydrogen-bond donors (Lipinski definition) is 2. The highest BCUT2D eigenvalue weighted by Crippen LogP contribution is 2.39. The summed E-state index contributed by atoms with van der Waals surface area (Å²) in [5.41, 5.74) is 0.753. The van der Waals surface area contributed by atoms with Crippen LogP contribution in [0, 0.1) is 5.92 Å². The molecule has 0 heterocycles. The van der Waals surface area contributed by atoms with Crippen molar-refractivity contribution in [2.75, 3.05) is 11.9 Å². The number of urea groups is 1. The van der Waals surface area contributed by atoms with Gasteiger partial charge in [-0.15, -0.1) is 0 Å². The Morgan fingerprint density at radius 3 is 2.33 bits per heavy atom. The molecule has 2 amide bonds. The summed E-state index contributed by atoms with van der Waals surface area (Å²) in [6.07, 6.45) is 2.63. The summed E-state index contributed by atoms with van der Waals surface area (Å²) in [6, 6.07) is 7.28. The van der Waals surface area contributed by atoms with E-state index in [2.05, 4.69) is 12.2 Å². The van der Waals surface area contributed by atoms with Crippen LogP contribution in [0.3, 0.4) is 0 Å². The molecule has 0 spiro atoms. The van der Waals surface area contributed by atoms with Crippen molar-refractivity contribution >= 4 is 17.7 Å². The van der Waals surface area contributed by atoms with E-state index in [-0.39, 0.29) is 5.92 Å². The van der Waals surface area contributed by atoms with Crippen LogP contribution >= 0.6 is 0 Å². The molecule has 0 aromatic heterocycles. The molecule has 1 aromatic rings. The molecule has 2 rings (SSSR count). The van der Waals surface area contributed by atoms with Crippen molar-refractivity contribution < 1.29 is 14.7 Å². The molecule has 1 fully saturated rings. The predicted octanol–water partition coefficient (Wildman–Crippen LogP) is 2.65. The third-order valence-corrected chi connectivity index (χ3v) is 4.24. The van der Waals surface area contributed by atoms with Gasteiger partial charge in [0.2, 0.25) is 0 Å². The van der Waals surface area contributed by atoms with Gasteiger partial charge in [0.15, 0.2) is 0 Å². The lowest BCUT2D eigenvalue weighted by molar-refractivity contribution is -0.144. The molecule has 1 saturated carbocycles. The van der Waals surface area contributed by atoms with Crippen molar-refractivity contribution in [3.05, 3.63) is 29.8 Å². The molecular formula is C16H22N2O3. The second-order valence-corrected chi connectivity index (χ2v) is 5.79. The normalized spacial score (nSPS) is 16.9. The highest BCUT2D eigenvalue weighted by molar-refractivity contribution is 5.95. The zero-order valence-corrected chi connectivity index (χ0v) is 12.7. The Balaban J connectivity index is 2.09. The van der Waals surface area contributed by atoms with Gasteiger partial charge in [0, 0.05) is 12.7 Å².